The Balaban J connectivity index is 2.46. The maximum atomic E-state index is 9.33. The van der Waals surface area contributed by atoms with Crippen molar-refractivity contribution >= 4 is 0 Å². The molecule has 0 fully saturated rings. The van der Waals surface area contributed by atoms with Crippen LogP contribution < -0.4 is 11.1 Å². The van der Waals surface area contributed by atoms with Crippen LogP contribution in [0.3, 0.4) is 0 Å². The van der Waals surface area contributed by atoms with Crippen LogP contribution in [-0.2, 0) is 5.41 Å². The van der Waals surface area contributed by atoms with E-state index in [0.29, 0.717) is 13.1 Å². The quantitative estimate of drug-likeness (QED) is 0.647. The van der Waals surface area contributed by atoms with E-state index in [9.17, 15) is 5.11 Å². The number of aliphatic hydroxyl groups is 1. The lowest BCUT2D eigenvalue weighted by atomic mass is 9.85. The first kappa shape index (κ1) is 13.1. The van der Waals surface area contributed by atoms with Crippen LogP contribution in [0.25, 0.3) is 0 Å². The summed E-state index contributed by atoms with van der Waals surface area (Å²) in [6.07, 6.45) is 3.13. The minimum Gasteiger partial charge on any atom is -0.390 e. The normalized spacial score (nSPS) is 13.8. The lowest BCUT2D eigenvalue weighted by Gasteiger charge is -2.26. The Kier molecular flexibility index (Phi) is 4.86. The first-order valence-corrected chi connectivity index (χ1v) is 5.55. The van der Waals surface area contributed by atoms with Crippen molar-refractivity contribution in [2.45, 2.75) is 25.4 Å². The number of aromatic nitrogens is 1. The van der Waals surface area contributed by atoms with Gasteiger partial charge in [0.1, 0.15) is 0 Å². The first-order valence-electron chi connectivity index (χ1n) is 5.55. The van der Waals surface area contributed by atoms with Crippen molar-refractivity contribution in [3.63, 3.8) is 0 Å². The third-order valence-electron chi connectivity index (χ3n) is 2.68. The number of nitrogens with zero attached hydrogens (tertiary/aromatic N) is 1. The summed E-state index contributed by atoms with van der Waals surface area (Å²) in [7, 11) is 0. The van der Waals surface area contributed by atoms with E-state index in [1.807, 2.05) is 12.1 Å². The zero-order valence-corrected chi connectivity index (χ0v) is 9.98. The molecule has 1 atom stereocenters. The lowest BCUT2D eigenvalue weighted by molar-refractivity contribution is 0.177. The number of rotatable bonds is 6. The van der Waals surface area contributed by atoms with Crippen molar-refractivity contribution in [1.82, 2.24) is 10.3 Å². The Morgan fingerprint density at radius 3 is 2.62 bits per heavy atom. The van der Waals surface area contributed by atoms with Gasteiger partial charge in [-0.2, -0.15) is 0 Å². The number of aliphatic hydroxyl groups excluding tert-OH is 1. The predicted octanol–water partition coefficient (Wildman–Crippen LogP) is 0.268. The van der Waals surface area contributed by atoms with E-state index in [4.69, 9.17) is 5.73 Å². The van der Waals surface area contributed by atoms with Gasteiger partial charge in [-0.15, -0.1) is 0 Å². The molecule has 1 heterocycles. The van der Waals surface area contributed by atoms with Crippen molar-refractivity contribution in [1.29, 1.82) is 0 Å². The highest BCUT2D eigenvalue weighted by Crippen LogP contribution is 2.20. The molecule has 0 saturated carbocycles. The van der Waals surface area contributed by atoms with Gasteiger partial charge >= 0.3 is 0 Å². The summed E-state index contributed by atoms with van der Waals surface area (Å²) in [5, 5.41) is 12.6. The summed E-state index contributed by atoms with van der Waals surface area (Å²) in [4.78, 5) is 4.00. The van der Waals surface area contributed by atoms with Crippen LogP contribution in [0.5, 0.6) is 0 Å². The topological polar surface area (TPSA) is 71.2 Å². The maximum absolute atomic E-state index is 9.33. The molecule has 16 heavy (non-hydrogen) atoms. The zero-order chi connectivity index (χ0) is 12.0. The minimum atomic E-state index is -0.465. The van der Waals surface area contributed by atoms with Crippen LogP contribution in [0.15, 0.2) is 24.5 Å². The molecule has 0 spiro atoms. The summed E-state index contributed by atoms with van der Waals surface area (Å²) < 4.78 is 0. The van der Waals surface area contributed by atoms with E-state index in [2.05, 4.69) is 24.1 Å². The molecular weight excluding hydrogens is 202 g/mol. The molecule has 0 bridgehead atoms. The molecule has 1 aromatic rings. The molecule has 0 radical (unpaired) electrons. The second-order valence-electron chi connectivity index (χ2n) is 4.64. The fourth-order valence-electron chi connectivity index (χ4n) is 1.54. The molecule has 1 unspecified atom stereocenters. The Morgan fingerprint density at radius 1 is 1.44 bits per heavy atom. The Labute approximate surface area is 96.9 Å². The molecule has 0 aliphatic carbocycles. The minimum absolute atomic E-state index is 0.0251. The largest absolute Gasteiger partial charge is 0.390 e. The fourth-order valence-corrected chi connectivity index (χ4v) is 1.54. The van der Waals surface area contributed by atoms with Gasteiger partial charge in [0.05, 0.1) is 6.10 Å². The summed E-state index contributed by atoms with van der Waals surface area (Å²) in [6, 6.07) is 4.03. The molecule has 0 aliphatic rings. The number of nitrogens with one attached hydrogen (secondary N) is 1. The zero-order valence-electron chi connectivity index (χ0n) is 9.98. The first-order chi connectivity index (χ1) is 7.56. The highest BCUT2D eigenvalue weighted by molar-refractivity contribution is 5.20. The summed E-state index contributed by atoms with van der Waals surface area (Å²) in [6.45, 7) is 5.94. The summed E-state index contributed by atoms with van der Waals surface area (Å²) in [5.41, 5.74) is 6.59. The van der Waals surface area contributed by atoms with Crippen LogP contribution in [0.1, 0.15) is 19.4 Å². The average Bonchev–Trinajstić information content (AvgIpc) is 2.30. The van der Waals surface area contributed by atoms with Crippen molar-refractivity contribution in [2.75, 3.05) is 19.6 Å². The Hall–Kier alpha value is -0.970. The molecule has 4 N–H and O–H groups in total. The highest BCUT2D eigenvalue weighted by Gasteiger charge is 2.19. The van der Waals surface area contributed by atoms with E-state index in [-0.39, 0.29) is 5.41 Å². The molecule has 0 aromatic carbocycles. The summed E-state index contributed by atoms with van der Waals surface area (Å²) >= 11 is 0. The third kappa shape index (κ3) is 3.89. The SMILES string of the molecule is CC(C)(CNCC(O)CN)c1ccncc1. The standard InChI is InChI=1S/C12H21N3O/c1-12(2,9-15-8-11(16)7-13)10-3-5-14-6-4-10/h3-6,11,15-16H,7-9,13H2,1-2H3. The number of pyridine rings is 1. The lowest BCUT2D eigenvalue weighted by Crippen LogP contribution is -2.39. The van der Waals surface area contributed by atoms with Crippen molar-refractivity contribution in [3.05, 3.63) is 30.1 Å². The smallest absolute Gasteiger partial charge is 0.0786 e. The van der Waals surface area contributed by atoms with Crippen LogP contribution in [0.2, 0.25) is 0 Å². The molecule has 0 aliphatic heterocycles. The van der Waals surface area contributed by atoms with Gasteiger partial charge in [0.2, 0.25) is 0 Å². The Morgan fingerprint density at radius 2 is 2.06 bits per heavy atom. The van der Waals surface area contributed by atoms with E-state index < -0.39 is 6.10 Å². The van der Waals surface area contributed by atoms with E-state index >= 15 is 0 Å². The predicted molar refractivity (Wildman–Crippen MR) is 65.2 cm³/mol. The average molecular weight is 223 g/mol. The maximum Gasteiger partial charge on any atom is 0.0786 e. The molecule has 90 valence electrons. The molecule has 1 rings (SSSR count). The highest BCUT2D eigenvalue weighted by atomic mass is 16.3. The monoisotopic (exact) mass is 223 g/mol. The number of hydrogen-bond donors (Lipinski definition) is 3. The van der Waals surface area contributed by atoms with Crippen molar-refractivity contribution < 1.29 is 5.11 Å². The van der Waals surface area contributed by atoms with Gasteiger partial charge in [0.15, 0.2) is 0 Å². The Bertz CT molecular complexity index is 300. The fraction of sp³-hybridized carbons (Fsp3) is 0.583. The second kappa shape index (κ2) is 5.94. The van der Waals surface area contributed by atoms with E-state index in [1.165, 1.54) is 5.56 Å². The molecular formula is C12H21N3O. The van der Waals surface area contributed by atoms with E-state index in [1.54, 1.807) is 12.4 Å². The van der Waals surface area contributed by atoms with Crippen molar-refractivity contribution in [2.24, 2.45) is 5.73 Å². The molecule has 4 heteroatoms. The number of hydrogen-bond acceptors (Lipinski definition) is 4. The third-order valence-corrected chi connectivity index (χ3v) is 2.68. The van der Waals surface area contributed by atoms with Gasteiger partial charge in [0, 0.05) is 37.4 Å². The molecule has 0 amide bonds. The number of nitrogens with two attached hydrogens (primary N) is 1. The van der Waals surface area contributed by atoms with Gasteiger partial charge in [-0.05, 0) is 17.7 Å². The van der Waals surface area contributed by atoms with Gasteiger partial charge in [-0.25, -0.2) is 0 Å². The van der Waals surface area contributed by atoms with Gasteiger partial charge < -0.3 is 16.2 Å². The molecule has 4 nitrogen and oxygen atoms in total. The molecule has 0 saturated heterocycles. The second-order valence-corrected chi connectivity index (χ2v) is 4.64. The van der Waals surface area contributed by atoms with E-state index in [0.717, 1.165) is 6.54 Å². The van der Waals surface area contributed by atoms with Crippen molar-refractivity contribution in [3.8, 4) is 0 Å². The summed E-state index contributed by atoms with van der Waals surface area (Å²) in [5.74, 6) is 0. The van der Waals surface area contributed by atoms with Crippen LogP contribution >= 0.6 is 0 Å². The van der Waals surface area contributed by atoms with Gasteiger partial charge in [0.25, 0.3) is 0 Å². The van der Waals surface area contributed by atoms with Gasteiger partial charge in [-0.3, -0.25) is 4.98 Å². The van der Waals surface area contributed by atoms with Crippen LogP contribution in [0.4, 0.5) is 0 Å². The van der Waals surface area contributed by atoms with Gasteiger partial charge in [-0.1, -0.05) is 13.8 Å². The molecule has 1 aromatic heterocycles. The van der Waals surface area contributed by atoms with Crippen LogP contribution in [-0.4, -0.2) is 35.8 Å². The van der Waals surface area contributed by atoms with Crippen LogP contribution in [0, 0.1) is 0 Å².